The summed E-state index contributed by atoms with van der Waals surface area (Å²) in [6, 6.07) is 15.1. The Morgan fingerprint density at radius 2 is 0.854 bits per heavy atom. The van der Waals surface area contributed by atoms with Gasteiger partial charge in [-0.05, 0) is 71.8 Å². The van der Waals surface area contributed by atoms with E-state index in [1.54, 1.807) is 0 Å². The molecule has 0 aliphatic carbocycles. The second-order valence-electron chi connectivity index (χ2n) is 8.48. The molecule has 0 aromatic heterocycles. The fourth-order valence-electron chi connectivity index (χ4n) is 3.40. The van der Waals surface area contributed by atoms with E-state index < -0.39 is 46.6 Å². The Balaban J connectivity index is 1.52. The van der Waals surface area contributed by atoms with E-state index in [1.165, 1.54) is 48.5 Å². The Hall–Kier alpha value is -4.42. The van der Waals surface area contributed by atoms with Gasteiger partial charge >= 0.3 is 20.0 Å². The van der Waals surface area contributed by atoms with Crippen LogP contribution in [-0.2, 0) is 25.6 Å². The smallest absolute Gasteiger partial charge is 0.524 e. The monoisotopic (exact) mass is 581 g/mol. The van der Waals surface area contributed by atoms with E-state index in [1.807, 2.05) is 0 Å². The number of rotatable bonds is 10. The summed E-state index contributed by atoms with van der Waals surface area (Å²) in [5, 5.41) is 0. The molecule has 4 aromatic carbocycles. The van der Waals surface area contributed by atoms with Crippen molar-refractivity contribution < 1.29 is 53.9 Å². The van der Waals surface area contributed by atoms with Crippen LogP contribution in [0.3, 0.4) is 0 Å². The zero-order valence-corrected chi connectivity index (χ0v) is 20.7. The van der Waals surface area contributed by atoms with Gasteiger partial charge < -0.3 is 18.8 Å². The Morgan fingerprint density at radius 3 is 1.20 bits per heavy atom. The van der Waals surface area contributed by atoms with Gasteiger partial charge in [-0.2, -0.15) is 26.3 Å². The SMILES string of the molecule is Fc1ccc(COc2ccc(C(F)(F)F)cc2O[B]Oc2cc(C(F)(F)F)ccc2OCc2ccc(F)cc2)cc1. The lowest BCUT2D eigenvalue weighted by molar-refractivity contribution is -0.138. The molecule has 0 atom stereocenters. The molecule has 0 amide bonds. The van der Waals surface area contributed by atoms with Crippen LogP contribution in [-0.4, -0.2) is 7.69 Å². The van der Waals surface area contributed by atoms with Gasteiger partial charge in [0, 0.05) is 0 Å². The van der Waals surface area contributed by atoms with Crippen molar-refractivity contribution in [1.82, 2.24) is 0 Å². The molecule has 0 heterocycles. The van der Waals surface area contributed by atoms with Crippen LogP contribution >= 0.6 is 0 Å². The van der Waals surface area contributed by atoms with E-state index in [0.29, 0.717) is 30.9 Å². The largest absolute Gasteiger partial charge is 0.658 e. The van der Waals surface area contributed by atoms with Gasteiger partial charge in [-0.3, -0.25) is 0 Å². The summed E-state index contributed by atoms with van der Waals surface area (Å²) in [7, 11) is 0.528. The van der Waals surface area contributed by atoms with E-state index in [4.69, 9.17) is 18.8 Å². The third-order valence-corrected chi connectivity index (χ3v) is 5.51. The van der Waals surface area contributed by atoms with Crippen molar-refractivity contribution in [3.63, 3.8) is 0 Å². The van der Waals surface area contributed by atoms with Gasteiger partial charge in [0.25, 0.3) is 0 Å². The quantitative estimate of drug-likeness (QED) is 0.140. The number of hydrogen-bond donors (Lipinski definition) is 0. The summed E-state index contributed by atoms with van der Waals surface area (Å²) in [5.41, 5.74) is -1.16. The van der Waals surface area contributed by atoms with Gasteiger partial charge in [0.05, 0.1) is 11.1 Å². The minimum atomic E-state index is -4.74. The molecule has 4 rings (SSSR count). The lowest BCUT2D eigenvalue weighted by atomic mass is 10.1. The predicted molar refractivity (Wildman–Crippen MR) is 131 cm³/mol. The highest BCUT2D eigenvalue weighted by molar-refractivity contribution is 6.21. The normalized spacial score (nSPS) is 11.6. The Kier molecular flexibility index (Phi) is 8.94. The van der Waals surface area contributed by atoms with Gasteiger partial charge in [-0.1, -0.05) is 24.3 Å². The molecule has 13 heteroatoms. The summed E-state index contributed by atoms with van der Waals surface area (Å²) in [4.78, 5) is 0. The Morgan fingerprint density at radius 1 is 0.488 bits per heavy atom. The summed E-state index contributed by atoms with van der Waals surface area (Å²) < 4.78 is 128. The van der Waals surface area contributed by atoms with Crippen molar-refractivity contribution in [3.8, 4) is 23.0 Å². The Bertz CT molecular complexity index is 1350. The van der Waals surface area contributed by atoms with E-state index in [9.17, 15) is 35.1 Å². The Labute approximate surface area is 229 Å². The fourth-order valence-corrected chi connectivity index (χ4v) is 3.40. The molecule has 0 N–H and O–H groups in total. The highest BCUT2D eigenvalue weighted by atomic mass is 19.4. The maximum atomic E-state index is 13.3. The lowest BCUT2D eigenvalue weighted by Gasteiger charge is -2.17. The van der Waals surface area contributed by atoms with Gasteiger partial charge in [0.15, 0.2) is 11.5 Å². The minimum Gasteiger partial charge on any atom is -0.524 e. The first-order valence-electron chi connectivity index (χ1n) is 11.7. The molecule has 4 aromatic rings. The minimum absolute atomic E-state index is 0.154. The molecule has 213 valence electrons. The van der Waals surface area contributed by atoms with Crippen LogP contribution in [0.1, 0.15) is 22.3 Å². The first-order valence-corrected chi connectivity index (χ1v) is 11.7. The summed E-state index contributed by atoms with van der Waals surface area (Å²) in [6.07, 6.45) is -9.48. The molecule has 0 saturated carbocycles. The van der Waals surface area contributed by atoms with E-state index in [0.717, 1.165) is 24.3 Å². The van der Waals surface area contributed by atoms with Crippen LogP contribution in [0, 0.1) is 11.6 Å². The molecule has 0 saturated heterocycles. The average Bonchev–Trinajstić information content (AvgIpc) is 2.92. The predicted octanol–water partition coefficient (Wildman–Crippen LogP) is 8.15. The molecule has 0 spiro atoms. The van der Waals surface area contributed by atoms with Crippen LogP contribution in [0.2, 0.25) is 0 Å². The zero-order valence-electron chi connectivity index (χ0n) is 20.7. The first kappa shape index (κ1) is 29.6. The maximum absolute atomic E-state index is 13.3. The van der Waals surface area contributed by atoms with Gasteiger partial charge in [0.2, 0.25) is 0 Å². The van der Waals surface area contributed by atoms with Crippen molar-refractivity contribution in [1.29, 1.82) is 0 Å². The second kappa shape index (κ2) is 12.4. The van der Waals surface area contributed by atoms with Crippen molar-refractivity contribution >= 4 is 7.69 Å². The molecule has 0 unspecified atom stereocenters. The molecule has 0 fully saturated rings. The molecule has 0 bridgehead atoms. The molecular weight excluding hydrogens is 563 g/mol. The van der Waals surface area contributed by atoms with E-state index >= 15 is 0 Å². The third-order valence-electron chi connectivity index (χ3n) is 5.51. The van der Waals surface area contributed by atoms with Crippen molar-refractivity contribution in [2.75, 3.05) is 0 Å². The molecule has 0 aliphatic rings. The molecular formula is C28H18BF8O4. The van der Waals surface area contributed by atoms with Gasteiger partial charge in [-0.15, -0.1) is 0 Å². The number of hydrogen-bond acceptors (Lipinski definition) is 4. The zero-order chi connectivity index (χ0) is 29.6. The number of benzene rings is 4. The van der Waals surface area contributed by atoms with Crippen LogP contribution in [0.25, 0.3) is 0 Å². The molecule has 4 nitrogen and oxygen atoms in total. The summed E-state index contributed by atoms with van der Waals surface area (Å²) in [6.45, 7) is -0.310. The van der Waals surface area contributed by atoms with Crippen molar-refractivity contribution in [3.05, 3.63) is 119 Å². The summed E-state index contributed by atoms with van der Waals surface area (Å²) >= 11 is 0. The van der Waals surface area contributed by atoms with Gasteiger partial charge in [-0.25, -0.2) is 8.78 Å². The molecule has 1 radical (unpaired) electrons. The topological polar surface area (TPSA) is 36.9 Å². The average molecular weight is 581 g/mol. The van der Waals surface area contributed by atoms with Crippen LogP contribution in [0.15, 0.2) is 84.9 Å². The second-order valence-corrected chi connectivity index (χ2v) is 8.48. The fraction of sp³-hybridized carbons (Fsp3) is 0.143. The first-order chi connectivity index (χ1) is 19.4. The highest BCUT2D eigenvalue weighted by Crippen LogP contribution is 2.38. The number of alkyl halides is 6. The standard InChI is InChI=1S/C28H18BF8O4/c30-21-7-1-17(2-8-21)15-38-23-11-5-19(27(32,33)34)13-25(23)40-29-41-26-14-20(28(35,36)37)6-12-24(26)39-16-18-3-9-22(31)10-4-18/h1-14H,15-16H2. The summed E-state index contributed by atoms with van der Waals surface area (Å²) in [5.74, 6) is -2.20. The number of ether oxygens (including phenoxy) is 2. The molecule has 41 heavy (non-hydrogen) atoms. The highest BCUT2D eigenvalue weighted by Gasteiger charge is 2.33. The third kappa shape index (κ3) is 8.29. The van der Waals surface area contributed by atoms with Crippen molar-refractivity contribution in [2.24, 2.45) is 0 Å². The van der Waals surface area contributed by atoms with Gasteiger partial charge in [0.1, 0.15) is 36.3 Å². The number of halogens is 8. The van der Waals surface area contributed by atoms with E-state index in [-0.39, 0.29) is 24.7 Å². The van der Waals surface area contributed by atoms with Crippen molar-refractivity contribution in [2.45, 2.75) is 25.6 Å². The lowest BCUT2D eigenvalue weighted by Crippen LogP contribution is -2.15. The van der Waals surface area contributed by atoms with E-state index in [2.05, 4.69) is 0 Å². The van der Waals surface area contributed by atoms with Crippen LogP contribution in [0.4, 0.5) is 35.1 Å². The maximum Gasteiger partial charge on any atom is 0.658 e. The van der Waals surface area contributed by atoms with Crippen LogP contribution < -0.4 is 18.8 Å². The molecule has 0 aliphatic heterocycles. The van der Waals surface area contributed by atoms with Crippen LogP contribution in [0.5, 0.6) is 23.0 Å².